The van der Waals surface area contributed by atoms with Gasteiger partial charge in [-0.1, -0.05) is 42.5 Å². The highest BCUT2D eigenvalue weighted by Crippen LogP contribution is 2.23. The number of sulfonamides is 1. The van der Waals surface area contributed by atoms with Gasteiger partial charge in [-0.25, -0.2) is 8.42 Å². The van der Waals surface area contributed by atoms with Crippen molar-refractivity contribution in [3.63, 3.8) is 0 Å². The third-order valence-corrected chi connectivity index (χ3v) is 5.77. The molecular formula is C19H18N2O4S. The standard InChI is InChI=1S/C19H18N2O4S/c1-21(13-19(23)20-17-8-4-5-9-18(17)22)26(24,25)16-11-10-14-6-2-3-7-15(14)12-16/h2-12,22H,13H2,1H3,(H,20,23). The van der Waals surface area contributed by atoms with Crippen LogP contribution < -0.4 is 5.32 Å². The molecule has 134 valence electrons. The number of para-hydroxylation sites is 2. The Morgan fingerprint density at radius 3 is 2.38 bits per heavy atom. The molecule has 0 saturated heterocycles. The topological polar surface area (TPSA) is 86.7 Å². The van der Waals surface area contributed by atoms with Gasteiger partial charge in [0.1, 0.15) is 5.75 Å². The summed E-state index contributed by atoms with van der Waals surface area (Å²) < 4.78 is 26.4. The lowest BCUT2D eigenvalue weighted by molar-refractivity contribution is -0.116. The predicted octanol–water partition coefficient (Wildman–Crippen LogP) is 2.80. The number of anilines is 1. The van der Waals surface area contributed by atoms with E-state index in [1.807, 2.05) is 24.3 Å². The first-order valence-corrected chi connectivity index (χ1v) is 9.35. The van der Waals surface area contributed by atoms with Crippen molar-refractivity contribution in [2.24, 2.45) is 0 Å². The van der Waals surface area contributed by atoms with Crippen molar-refractivity contribution in [3.05, 3.63) is 66.7 Å². The van der Waals surface area contributed by atoms with Crippen LogP contribution in [0, 0.1) is 0 Å². The van der Waals surface area contributed by atoms with E-state index in [2.05, 4.69) is 5.32 Å². The van der Waals surface area contributed by atoms with Gasteiger partial charge in [0, 0.05) is 7.05 Å². The van der Waals surface area contributed by atoms with Gasteiger partial charge in [-0.15, -0.1) is 0 Å². The number of nitrogens with zero attached hydrogens (tertiary/aromatic N) is 1. The number of fused-ring (bicyclic) bond motifs is 1. The van der Waals surface area contributed by atoms with Gasteiger partial charge in [0.25, 0.3) is 0 Å². The van der Waals surface area contributed by atoms with Gasteiger partial charge >= 0.3 is 0 Å². The summed E-state index contributed by atoms with van der Waals surface area (Å²) in [5.74, 6) is -0.626. The number of phenols is 1. The van der Waals surface area contributed by atoms with Crippen molar-refractivity contribution < 1.29 is 18.3 Å². The number of hydrogen-bond donors (Lipinski definition) is 2. The molecule has 2 N–H and O–H groups in total. The molecule has 7 heteroatoms. The SMILES string of the molecule is CN(CC(=O)Nc1ccccc1O)S(=O)(=O)c1ccc2ccccc2c1. The van der Waals surface area contributed by atoms with Gasteiger partial charge in [0.2, 0.25) is 15.9 Å². The molecule has 0 bridgehead atoms. The van der Waals surface area contributed by atoms with E-state index in [0.29, 0.717) is 0 Å². The maximum Gasteiger partial charge on any atom is 0.243 e. The first kappa shape index (κ1) is 17.9. The number of phenolic OH excluding ortho intramolecular Hbond substituents is 1. The number of aromatic hydroxyl groups is 1. The Hall–Kier alpha value is -2.90. The van der Waals surface area contributed by atoms with E-state index in [1.165, 1.54) is 25.2 Å². The lowest BCUT2D eigenvalue weighted by atomic mass is 10.1. The zero-order valence-corrected chi connectivity index (χ0v) is 14.9. The van der Waals surface area contributed by atoms with E-state index in [-0.39, 0.29) is 22.9 Å². The fraction of sp³-hybridized carbons (Fsp3) is 0.105. The van der Waals surface area contributed by atoms with Crippen molar-refractivity contribution in [1.82, 2.24) is 4.31 Å². The van der Waals surface area contributed by atoms with Gasteiger partial charge in [0.05, 0.1) is 17.1 Å². The molecule has 26 heavy (non-hydrogen) atoms. The summed E-state index contributed by atoms with van der Waals surface area (Å²) in [5.41, 5.74) is 0.231. The normalized spacial score (nSPS) is 11.6. The van der Waals surface area contributed by atoms with E-state index in [9.17, 15) is 18.3 Å². The Morgan fingerprint density at radius 1 is 1.00 bits per heavy atom. The summed E-state index contributed by atoms with van der Waals surface area (Å²) in [4.78, 5) is 12.3. The highest BCUT2D eigenvalue weighted by Gasteiger charge is 2.23. The molecule has 3 aromatic rings. The molecule has 6 nitrogen and oxygen atoms in total. The smallest absolute Gasteiger partial charge is 0.243 e. The molecule has 0 aliphatic rings. The first-order valence-electron chi connectivity index (χ1n) is 7.91. The molecule has 0 atom stereocenters. The number of nitrogens with one attached hydrogen (secondary N) is 1. The largest absolute Gasteiger partial charge is 0.506 e. The molecule has 3 aromatic carbocycles. The van der Waals surface area contributed by atoms with Crippen molar-refractivity contribution in [2.45, 2.75) is 4.90 Å². The summed E-state index contributed by atoms with van der Waals surface area (Å²) >= 11 is 0. The Balaban J connectivity index is 1.77. The second-order valence-corrected chi connectivity index (χ2v) is 7.88. The maximum absolute atomic E-state index is 12.7. The van der Waals surface area contributed by atoms with Crippen molar-refractivity contribution in [3.8, 4) is 5.75 Å². The molecule has 3 rings (SSSR count). The van der Waals surface area contributed by atoms with E-state index in [1.54, 1.807) is 24.3 Å². The van der Waals surface area contributed by atoms with Crippen LogP contribution in [0.25, 0.3) is 10.8 Å². The zero-order chi connectivity index (χ0) is 18.7. The van der Waals surface area contributed by atoms with E-state index >= 15 is 0 Å². The van der Waals surface area contributed by atoms with Gasteiger partial charge in [-0.2, -0.15) is 4.31 Å². The molecule has 0 spiro atoms. The molecule has 0 fully saturated rings. The summed E-state index contributed by atoms with van der Waals surface area (Å²) in [6.45, 7) is -0.372. The van der Waals surface area contributed by atoms with E-state index < -0.39 is 15.9 Å². The molecule has 0 aliphatic heterocycles. The van der Waals surface area contributed by atoms with Gasteiger partial charge in [-0.3, -0.25) is 4.79 Å². The highest BCUT2D eigenvalue weighted by atomic mass is 32.2. The van der Waals surface area contributed by atoms with Crippen LogP contribution in [0.2, 0.25) is 0 Å². The van der Waals surface area contributed by atoms with Crippen LogP contribution in [-0.2, 0) is 14.8 Å². The van der Waals surface area contributed by atoms with Crippen LogP contribution >= 0.6 is 0 Å². The second kappa shape index (κ2) is 7.15. The van der Waals surface area contributed by atoms with E-state index in [0.717, 1.165) is 15.1 Å². The first-order chi connectivity index (χ1) is 12.4. The van der Waals surface area contributed by atoms with Crippen LogP contribution in [0.3, 0.4) is 0 Å². The molecule has 0 aromatic heterocycles. The van der Waals surface area contributed by atoms with Crippen LogP contribution in [0.5, 0.6) is 5.75 Å². The summed E-state index contributed by atoms with van der Waals surface area (Å²) in [6, 6.07) is 18.5. The van der Waals surface area contributed by atoms with Crippen LogP contribution in [0.4, 0.5) is 5.69 Å². The number of amides is 1. The average molecular weight is 370 g/mol. The molecule has 0 heterocycles. The lowest BCUT2D eigenvalue weighted by Gasteiger charge is -2.17. The Labute approximate surface area is 151 Å². The third-order valence-electron chi connectivity index (χ3n) is 3.97. The number of carbonyl (C=O) groups is 1. The Morgan fingerprint density at radius 2 is 1.65 bits per heavy atom. The van der Waals surface area contributed by atoms with Gasteiger partial charge in [0.15, 0.2) is 0 Å². The quantitative estimate of drug-likeness (QED) is 0.676. The Bertz CT molecular complexity index is 1060. The fourth-order valence-corrected chi connectivity index (χ4v) is 3.73. The molecular weight excluding hydrogens is 352 g/mol. The summed E-state index contributed by atoms with van der Waals surface area (Å²) in [6.07, 6.45) is 0. The lowest BCUT2D eigenvalue weighted by Crippen LogP contribution is -2.34. The monoisotopic (exact) mass is 370 g/mol. The number of rotatable bonds is 5. The van der Waals surface area contributed by atoms with Crippen LogP contribution in [0.1, 0.15) is 0 Å². The minimum Gasteiger partial charge on any atom is -0.506 e. The van der Waals surface area contributed by atoms with Crippen LogP contribution in [-0.4, -0.2) is 37.3 Å². The van der Waals surface area contributed by atoms with Crippen molar-refractivity contribution >= 4 is 32.4 Å². The van der Waals surface area contributed by atoms with Crippen molar-refractivity contribution in [2.75, 3.05) is 18.9 Å². The molecule has 0 unspecified atom stereocenters. The molecule has 1 amide bonds. The number of likely N-dealkylation sites (N-methyl/N-ethyl adjacent to an activating group) is 1. The van der Waals surface area contributed by atoms with Gasteiger partial charge < -0.3 is 10.4 Å². The molecule has 0 aliphatic carbocycles. The van der Waals surface area contributed by atoms with Crippen molar-refractivity contribution in [1.29, 1.82) is 0 Å². The second-order valence-electron chi connectivity index (χ2n) is 5.84. The summed E-state index contributed by atoms with van der Waals surface area (Å²) in [5, 5.41) is 13.9. The average Bonchev–Trinajstić information content (AvgIpc) is 2.63. The molecule has 0 saturated carbocycles. The van der Waals surface area contributed by atoms with Gasteiger partial charge in [-0.05, 0) is 35.0 Å². The zero-order valence-electron chi connectivity index (χ0n) is 14.1. The number of benzene rings is 3. The Kier molecular flexibility index (Phi) is 4.92. The highest BCUT2D eigenvalue weighted by molar-refractivity contribution is 7.89. The number of carbonyl (C=O) groups excluding carboxylic acids is 1. The maximum atomic E-state index is 12.7. The predicted molar refractivity (Wildman–Crippen MR) is 101 cm³/mol. The third kappa shape index (κ3) is 3.68. The van der Waals surface area contributed by atoms with Crippen LogP contribution in [0.15, 0.2) is 71.6 Å². The van der Waals surface area contributed by atoms with E-state index in [4.69, 9.17) is 0 Å². The fourth-order valence-electron chi connectivity index (χ4n) is 2.56. The minimum atomic E-state index is -3.82. The number of hydrogen-bond acceptors (Lipinski definition) is 4. The summed E-state index contributed by atoms with van der Waals surface area (Å²) in [7, 11) is -2.48. The molecule has 0 radical (unpaired) electrons. The minimum absolute atomic E-state index is 0.0825.